The number of nitro benzene ring substituents is 1. The zero-order valence-corrected chi connectivity index (χ0v) is 12.1. The smallest absolute Gasteiger partial charge is 0.326 e. The number of hydrogen-bond acceptors (Lipinski definition) is 4. The van der Waals surface area contributed by atoms with Gasteiger partial charge in [-0.15, -0.1) is 0 Å². The maximum Gasteiger partial charge on any atom is 0.326 e. The predicted molar refractivity (Wildman–Crippen MR) is 76.5 cm³/mol. The zero-order valence-electron chi connectivity index (χ0n) is 11.3. The third kappa shape index (κ3) is 4.71. The van der Waals surface area contributed by atoms with Crippen molar-refractivity contribution in [1.82, 2.24) is 5.32 Å². The lowest BCUT2D eigenvalue weighted by molar-refractivity contribution is -0.385. The second-order valence-electron chi connectivity index (χ2n) is 4.43. The molecule has 0 saturated carbocycles. The minimum Gasteiger partial charge on any atom is -0.480 e. The van der Waals surface area contributed by atoms with Crippen molar-refractivity contribution in [2.75, 3.05) is 0 Å². The fraction of sp³-hybridized carbons (Fsp3) is 0.385. The maximum absolute atomic E-state index is 12.0. The van der Waals surface area contributed by atoms with Gasteiger partial charge in [0.2, 0.25) is 0 Å². The summed E-state index contributed by atoms with van der Waals surface area (Å²) in [5.74, 6) is -1.98. The van der Waals surface area contributed by atoms with Gasteiger partial charge in [0.05, 0.1) is 4.92 Å². The van der Waals surface area contributed by atoms with Crippen LogP contribution in [0.4, 0.5) is 5.69 Å². The van der Waals surface area contributed by atoms with E-state index < -0.39 is 28.5 Å². The van der Waals surface area contributed by atoms with Crippen molar-refractivity contribution in [2.24, 2.45) is 0 Å². The number of unbranched alkanes of at least 4 members (excludes halogenated alkanes) is 1. The summed E-state index contributed by atoms with van der Waals surface area (Å²) in [7, 11) is 0. The van der Waals surface area contributed by atoms with Gasteiger partial charge in [-0.3, -0.25) is 14.9 Å². The first-order valence-electron chi connectivity index (χ1n) is 6.34. The molecule has 1 amide bonds. The van der Waals surface area contributed by atoms with E-state index in [-0.39, 0.29) is 17.0 Å². The Morgan fingerprint density at radius 2 is 2.14 bits per heavy atom. The minimum atomic E-state index is -1.17. The molecule has 0 heterocycles. The summed E-state index contributed by atoms with van der Waals surface area (Å²) in [5.41, 5.74) is -0.674. The average molecular weight is 315 g/mol. The molecule has 1 rings (SSSR count). The fourth-order valence-corrected chi connectivity index (χ4v) is 1.92. The molecule has 2 N–H and O–H groups in total. The standard InChI is InChI=1S/C13H15ClN2O5/c1-2-3-4-10(13(18)19)15-12(17)9-6-5-8(14)7-11(9)16(20)21/h5-7,10H,2-4H2,1H3,(H,15,17)(H,18,19). The largest absolute Gasteiger partial charge is 0.480 e. The molecule has 0 bridgehead atoms. The number of hydrogen-bond donors (Lipinski definition) is 2. The number of benzene rings is 1. The number of carboxylic acid groups (broad SMARTS) is 1. The molecule has 1 unspecified atom stereocenters. The van der Waals surface area contributed by atoms with Crippen molar-refractivity contribution in [3.8, 4) is 0 Å². The molecule has 0 radical (unpaired) electrons. The number of halogens is 1. The van der Waals surface area contributed by atoms with E-state index in [9.17, 15) is 19.7 Å². The van der Waals surface area contributed by atoms with Crippen LogP contribution in [0, 0.1) is 10.1 Å². The molecule has 1 aromatic carbocycles. The number of aliphatic carboxylic acids is 1. The summed E-state index contributed by atoms with van der Waals surface area (Å²) in [5, 5.41) is 22.4. The van der Waals surface area contributed by atoms with Gasteiger partial charge in [0, 0.05) is 11.1 Å². The molecule has 0 spiro atoms. The molecule has 21 heavy (non-hydrogen) atoms. The number of carbonyl (C=O) groups excluding carboxylic acids is 1. The SMILES string of the molecule is CCCCC(NC(=O)c1ccc(Cl)cc1[N+](=O)[O-])C(=O)O. The fourth-order valence-electron chi connectivity index (χ4n) is 1.75. The van der Waals surface area contributed by atoms with Gasteiger partial charge in [-0.2, -0.15) is 0 Å². The van der Waals surface area contributed by atoms with Crippen LogP contribution in [0.5, 0.6) is 0 Å². The Morgan fingerprint density at radius 3 is 2.67 bits per heavy atom. The molecule has 0 aliphatic carbocycles. The van der Waals surface area contributed by atoms with Crippen LogP contribution in [0.1, 0.15) is 36.5 Å². The Bertz CT molecular complexity index is 561. The van der Waals surface area contributed by atoms with Crippen LogP contribution < -0.4 is 5.32 Å². The van der Waals surface area contributed by atoms with E-state index in [2.05, 4.69) is 5.32 Å². The number of carbonyl (C=O) groups is 2. The van der Waals surface area contributed by atoms with Gasteiger partial charge in [0.15, 0.2) is 0 Å². The Balaban J connectivity index is 2.97. The van der Waals surface area contributed by atoms with Gasteiger partial charge in [0.25, 0.3) is 11.6 Å². The Morgan fingerprint density at radius 1 is 1.48 bits per heavy atom. The topological polar surface area (TPSA) is 110 Å². The summed E-state index contributed by atoms with van der Waals surface area (Å²) in [6.45, 7) is 1.89. The minimum absolute atomic E-state index is 0.124. The number of nitrogens with one attached hydrogen (secondary N) is 1. The van der Waals surface area contributed by atoms with E-state index in [0.29, 0.717) is 6.42 Å². The summed E-state index contributed by atoms with van der Waals surface area (Å²) in [4.78, 5) is 33.3. The summed E-state index contributed by atoms with van der Waals surface area (Å²) < 4.78 is 0. The lowest BCUT2D eigenvalue weighted by atomic mass is 10.1. The summed E-state index contributed by atoms with van der Waals surface area (Å²) >= 11 is 5.66. The number of amides is 1. The molecule has 8 heteroatoms. The first-order valence-corrected chi connectivity index (χ1v) is 6.72. The molecule has 0 saturated heterocycles. The van der Waals surface area contributed by atoms with Crippen molar-refractivity contribution in [3.63, 3.8) is 0 Å². The molecule has 1 aromatic rings. The van der Waals surface area contributed by atoms with Crippen LogP contribution >= 0.6 is 11.6 Å². The van der Waals surface area contributed by atoms with E-state index >= 15 is 0 Å². The highest BCUT2D eigenvalue weighted by molar-refractivity contribution is 6.31. The molecular formula is C13H15ClN2O5. The summed E-state index contributed by atoms with van der Waals surface area (Å²) in [6, 6.07) is 2.52. The van der Waals surface area contributed by atoms with E-state index in [0.717, 1.165) is 12.5 Å². The highest BCUT2D eigenvalue weighted by Crippen LogP contribution is 2.23. The van der Waals surface area contributed by atoms with Crippen LogP contribution in [0.15, 0.2) is 18.2 Å². The van der Waals surface area contributed by atoms with Gasteiger partial charge >= 0.3 is 5.97 Å². The summed E-state index contributed by atoms with van der Waals surface area (Å²) in [6.07, 6.45) is 1.67. The number of rotatable bonds is 7. The van der Waals surface area contributed by atoms with Crippen molar-refractivity contribution in [2.45, 2.75) is 32.2 Å². The van der Waals surface area contributed by atoms with Gasteiger partial charge in [0.1, 0.15) is 11.6 Å². The average Bonchev–Trinajstić information content (AvgIpc) is 2.42. The van der Waals surface area contributed by atoms with Crippen LogP contribution in [0.2, 0.25) is 5.02 Å². The van der Waals surface area contributed by atoms with Gasteiger partial charge in [-0.1, -0.05) is 31.4 Å². The second-order valence-corrected chi connectivity index (χ2v) is 4.86. The molecule has 0 aromatic heterocycles. The van der Waals surface area contributed by atoms with E-state index in [1.807, 2.05) is 6.92 Å². The van der Waals surface area contributed by atoms with Gasteiger partial charge in [-0.05, 0) is 18.6 Å². The maximum atomic E-state index is 12.0. The van der Waals surface area contributed by atoms with E-state index in [4.69, 9.17) is 16.7 Å². The molecule has 0 aliphatic rings. The predicted octanol–water partition coefficient (Wildman–Crippen LogP) is 2.62. The molecule has 114 valence electrons. The Hall–Kier alpha value is -2.15. The van der Waals surface area contributed by atoms with E-state index in [1.54, 1.807) is 0 Å². The quantitative estimate of drug-likeness (QED) is 0.594. The van der Waals surface area contributed by atoms with Crippen molar-refractivity contribution in [1.29, 1.82) is 0 Å². The Labute approximate surface area is 126 Å². The van der Waals surface area contributed by atoms with Gasteiger partial charge < -0.3 is 10.4 Å². The van der Waals surface area contributed by atoms with Gasteiger partial charge in [-0.25, -0.2) is 4.79 Å². The van der Waals surface area contributed by atoms with Crippen LogP contribution in [0.3, 0.4) is 0 Å². The van der Waals surface area contributed by atoms with Crippen LogP contribution in [0.25, 0.3) is 0 Å². The molecule has 0 fully saturated rings. The highest BCUT2D eigenvalue weighted by atomic mass is 35.5. The van der Waals surface area contributed by atoms with Crippen molar-refractivity contribution >= 4 is 29.2 Å². The lowest BCUT2D eigenvalue weighted by Crippen LogP contribution is -2.40. The molecule has 7 nitrogen and oxygen atoms in total. The second kappa shape index (κ2) is 7.58. The first-order chi connectivity index (χ1) is 9.86. The zero-order chi connectivity index (χ0) is 16.0. The Kier molecular flexibility index (Phi) is 6.10. The first kappa shape index (κ1) is 16.9. The van der Waals surface area contributed by atoms with Crippen molar-refractivity contribution in [3.05, 3.63) is 38.9 Å². The molecular weight excluding hydrogens is 300 g/mol. The monoisotopic (exact) mass is 314 g/mol. The highest BCUT2D eigenvalue weighted by Gasteiger charge is 2.25. The number of nitrogens with zero attached hydrogens (tertiary/aromatic N) is 1. The number of nitro groups is 1. The molecule has 1 atom stereocenters. The van der Waals surface area contributed by atoms with Crippen molar-refractivity contribution < 1.29 is 19.6 Å². The normalized spacial score (nSPS) is 11.7. The lowest BCUT2D eigenvalue weighted by Gasteiger charge is -2.14. The van der Waals surface area contributed by atoms with Crippen LogP contribution in [-0.2, 0) is 4.79 Å². The number of carboxylic acids is 1. The van der Waals surface area contributed by atoms with E-state index in [1.165, 1.54) is 12.1 Å². The third-order valence-electron chi connectivity index (χ3n) is 2.85. The molecule has 0 aliphatic heterocycles. The van der Waals surface area contributed by atoms with Crippen LogP contribution in [-0.4, -0.2) is 27.9 Å². The third-order valence-corrected chi connectivity index (χ3v) is 3.09.